The fourth-order valence-corrected chi connectivity index (χ4v) is 5.41. The van der Waals surface area contributed by atoms with Crippen molar-refractivity contribution in [1.29, 1.82) is 0 Å². The molecule has 1 atom stereocenters. The van der Waals surface area contributed by atoms with Gasteiger partial charge in [-0.05, 0) is 43.5 Å². The molecule has 1 amide bonds. The smallest absolute Gasteiger partial charge is 0.233 e. The molecule has 1 aromatic carbocycles. The fourth-order valence-electron chi connectivity index (χ4n) is 2.80. The van der Waals surface area contributed by atoms with Crippen LogP contribution in [0.5, 0.6) is 0 Å². The predicted octanol–water partition coefficient (Wildman–Crippen LogP) is 2.61. The van der Waals surface area contributed by atoms with Crippen LogP contribution >= 0.6 is 23.4 Å². The van der Waals surface area contributed by atoms with Gasteiger partial charge in [0.2, 0.25) is 5.91 Å². The molecule has 1 saturated heterocycles. The van der Waals surface area contributed by atoms with E-state index in [0.29, 0.717) is 17.2 Å². The fraction of sp³-hybridized carbons (Fsp3) is 0.533. The summed E-state index contributed by atoms with van der Waals surface area (Å²) >= 11 is 7.32. The maximum absolute atomic E-state index is 12.5. The van der Waals surface area contributed by atoms with Crippen LogP contribution in [0.3, 0.4) is 0 Å². The highest BCUT2D eigenvalue weighted by molar-refractivity contribution is 8.00. The Kier molecular flexibility index (Phi) is 4.71. The second kappa shape index (κ2) is 6.42. The average Bonchev–Trinajstić information content (AvgIpc) is 3.23. The standard InChI is InChI=1S/C15H18ClNO3S2/c16-11-1-5-14(6-2-11)21-9-15(18)17(12-3-4-12)13-7-8-22(19,20)10-13/h1-2,5-6,12-13H,3-4,7-10H2/t13-/m0/s1. The molecular weight excluding hydrogens is 342 g/mol. The number of halogens is 1. The Balaban J connectivity index is 1.62. The van der Waals surface area contributed by atoms with E-state index in [2.05, 4.69) is 0 Å². The maximum Gasteiger partial charge on any atom is 0.233 e. The molecule has 7 heteroatoms. The molecule has 1 aliphatic carbocycles. The third kappa shape index (κ3) is 3.97. The van der Waals surface area contributed by atoms with Gasteiger partial charge in [0.15, 0.2) is 9.84 Å². The molecule has 1 heterocycles. The zero-order valence-corrected chi connectivity index (χ0v) is 14.5. The van der Waals surface area contributed by atoms with Crippen LogP contribution in [0.15, 0.2) is 29.2 Å². The van der Waals surface area contributed by atoms with Crippen molar-refractivity contribution in [2.75, 3.05) is 17.3 Å². The lowest BCUT2D eigenvalue weighted by Crippen LogP contribution is -2.43. The Hall–Kier alpha value is -0.720. The van der Waals surface area contributed by atoms with Gasteiger partial charge in [0.1, 0.15) is 0 Å². The first-order valence-corrected chi connectivity index (χ1v) is 10.5. The number of carbonyl (C=O) groups excluding carboxylic acids is 1. The molecule has 120 valence electrons. The summed E-state index contributed by atoms with van der Waals surface area (Å²) in [6.07, 6.45) is 2.57. The normalized spacial score (nSPS) is 23.4. The average molecular weight is 360 g/mol. The Labute approximate surface area is 140 Å². The number of benzene rings is 1. The molecule has 1 aliphatic heterocycles. The van der Waals surface area contributed by atoms with Gasteiger partial charge in [-0.25, -0.2) is 8.42 Å². The molecule has 1 aromatic rings. The quantitative estimate of drug-likeness (QED) is 0.758. The van der Waals surface area contributed by atoms with E-state index in [1.54, 1.807) is 12.1 Å². The van der Waals surface area contributed by atoms with Gasteiger partial charge in [-0.1, -0.05) is 11.6 Å². The van der Waals surface area contributed by atoms with Gasteiger partial charge in [0, 0.05) is 22.0 Å². The summed E-state index contributed by atoms with van der Waals surface area (Å²) in [6, 6.07) is 7.50. The molecular formula is C15H18ClNO3S2. The van der Waals surface area contributed by atoms with Crippen LogP contribution in [0.25, 0.3) is 0 Å². The second-order valence-electron chi connectivity index (χ2n) is 5.83. The molecule has 0 unspecified atom stereocenters. The molecule has 0 N–H and O–H groups in total. The van der Waals surface area contributed by atoms with Gasteiger partial charge in [-0.15, -0.1) is 11.8 Å². The largest absolute Gasteiger partial charge is 0.335 e. The summed E-state index contributed by atoms with van der Waals surface area (Å²) in [4.78, 5) is 15.4. The Morgan fingerprint density at radius 1 is 1.18 bits per heavy atom. The molecule has 0 radical (unpaired) electrons. The molecule has 1 saturated carbocycles. The summed E-state index contributed by atoms with van der Waals surface area (Å²) in [7, 11) is -2.97. The van der Waals surface area contributed by atoms with Crippen molar-refractivity contribution in [3.63, 3.8) is 0 Å². The van der Waals surface area contributed by atoms with Gasteiger partial charge in [0.25, 0.3) is 0 Å². The lowest BCUT2D eigenvalue weighted by atomic mass is 10.2. The minimum absolute atomic E-state index is 0.0459. The third-order valence-electron chi connectivity index (χ3n) is 4.01. The molecule has 0 aromatic heterocycles. The first-order valence-electron chi connectivity index (χ1n) is 7.34. The number of nitrogens with zero attached hydrogens (tertiary/aromatic N) is 1. The lowest BCUT2D eigenvalue weighted by molar-refractivity contribution is -0.130. The van der Waals surface area contributed by atoms with E-state index in [0.717, 1.165) is 17.7 Å². The van der Waals surface area contributed by atoms with Gasteiger partial charge < -0.3 is 4.90 Å². The SMILES string of the molecule is O=C(CSc1ccc(Cl)cc1)N(C1CC1)[C@H]1CCS(=O)(=O)C1. The van der Waals surface area contributed by atoms with Gasteiger partial charge >= 0.3 is 0 Å². The van der Waals surface area contributed by atoms with E-state index in [-0.39, 0.29) is 29.5 Å². The van der Waals surface area contributed by atoms with Gasteiger partial charge in [-0.3, -0.25) is 4.79 Å². The number of hydrogen-bond donors (Lipinski definition) is 0. The number of hydrogen-bond acceptors (Lipinski definition) is 4. The van der Waals surface area contributed by atoms with Crippen LogP contribution in [-0.2, 0) is 14.6 Å². The molecule has 22 heavy (non-hydrogen) atoms. The van der Waals surface area contributed by atoms with Crippen LogP contribution in [0, 0.1) is 0 Å². The van der Waals surface area contributed by atoms with Crippen molar-refractivity contribution in [2.45, 2.75) is 36.2 Å². The van der Waals surface area contributed by atoms with E-state index in [9.17, 15) is 13.2 Å². The Morgan fingerprint density at radius 2 is 1.86 bits per heavy atom. The van der Waals surface area contributed by atoms with E-state index in [1.807, 2.05) is 17.0 Å². The van der Waals surface area contributed by atoms with Crippen molar-refractivity contribution in [3.8, 4) is 0 Å². The Morgan fingerprint density at radius 3 is 2.41 bits per heavy atom. The van der Waals surface area contributed by atoms with Crippen molar-refractivity contribution in [1.82, 2.24) is 4.90 Å². The number of thioether (sulfide) groups is 1. The van der Waals surface area contributed by atoms with E-state index in [1.165, 1.54) is 11.8 Å². The summed E-state index contributed by atoms with van der Waals surface area (Å²) < 4.78 is 23.3. The van der Waals surface area contributed by atoms with E-state index >= 15 is 0 Å². The number of rotatable bonds is 5. The van der Waals surface area contributed by atoms with Gasteiger partial charge in [-0.2, -0.15) is 0 Å². The van der Waals surface area contributed by atoms with Crippen molar-refractivity contribution >= 4 is 39.1 Å². The topological polar surface area (TPSA) is 54.5 Å². The Bertz CT molecular complexity index is 656. The minimum atomic E-state index is -2.97. The summed E-state index contributed by atoms with van der Waals surface area (Å²) in [5, 5.41) is 0.673. The number of sulfone groups is 1. The molecule has 0 spiro atoms. The van der Waals surface area contributed by atoms with Crippen molar-refractivity contribution in [3.05, 3.63) is 29.3 Å². The van der Waals surface area contributed by atoms with Gasteiger partial charge in [0.05, 0.1) is 17.3 Å². The van der Waals surface area contributed by atoms with Crippen molar-refractivity contribution < 1.29 is 13.2 Å². The molecule has 2 fully saturated rings. The lowest BCUT2D eigenvalue weighted by Gasteiger charge is -2.28. The summed E-state index contributed by atoms with van der Waals surface area (Å²) in [6.45, 7) is 0. The van der Waals surface area contributed by atoms with Crippen LogP contribution in [0.4, 0.5) is 0 Å². The molecule has 2 aliphatic rings. The van der Waals surface area contributed by atoms with E-state index < -0.39 is 9.84 Å². The molecule has 3 rings (SSSR count). The monoisotopic (exact) mass is 359 g/mol. The highest BCUT2D eigenvalue weighted by Gasteiger charge is 2.41. The van der Waals surface area contributed by atoms with Crippen LogP contribution in [0.2, 0.25) is 5.02 Å². The minimum Gasteiger partial charge on any atom is -0.335 e. The highest BCUT2D eigenvalue weighted by Crippen LogP contribution is 2.33. The number of carbonyl (C=O) groups is 1. The summed E-state index contributed by atoms with van der Waals surface area (Å²) in [5.41, 5.74) is 0. The second-order valence-corrected chi connectivity index (χ2v) is 9.55. The van der Waals surface area contributed by atoms with Crippen LogP contribution < -0.4 is 0 Å². The van der Waals surface area contributed by atoms with Crippen LogP contribution in [0.1, 0.15) is 19.3 Å². The summed E-state index contributed by atoms with van der Waals surface area (Å²) in [5.74, 6) is 0.721. The zero-order chi connectivity index (χ0) is 15.7. The third-order valence-corrected chi connectivity index (χ3v) is 7.01. The number of amides is 1. The predicted molar refractivity (Wildman–Crippen MR) is 89.1 cm³/mol. The maximum atomic E-state index is 12.5. The van der Waals surface area contributed by atoms with Crippen molar-refractivity contribution in [2.24, 2.45) is 0 Å². The highest BCUT2D eigenvalue weighted by atomic mass is 35.5. The first-order chi connectivity index (χ1) is 10.4. The van der Waals surface area contributed by atoms with Crippen LogP contribution in [-0.4, -0.2) is 48.6 Å². The molecule has 0 bridgehead atoms. The van der Waals surface area contributed by atoms with E-state index in [4.69, 9.17) is 11.6 Å². The zero-order valence-electron chi connectivity index (χ0n) is 12.1. The first kappa shape index (κ1) is 16.1. The molecule has 4 nitrogen and oxygen atoms in total.